The molecule has 0 bridgehead atoms. The van der Waals surface area contributed by atoms with E-state index in [2.05, 4.69) is 10.3 Å². The van der Waals surface area contributed by atoms with Crippen molar-refractivity contribution in [3.8, 4) is 17.5 Å². The highest BCUT2D eigenvalue weighted by Crippen LogP contribution is 2.28. The molecule has 0 amide bonds. The minimum atomic E-state index is -0.457. The molecule has 1 atom stereocenters. The van der Waals surface area contributed by atoms with Crippen molar-refractivity contribution in [2.24, 2.45) is 0 Å². The molecule has 3 rings (SSSR count). The summed E-state index contributed by atoms with van der Waals surface area (Å²) in [6, 6.07) is 11.7. The molecule has 0 aliphatic heterocycles. The lowest BCUT2D eigenvalue weighted by Gasteiger charge is -2.22. The second-order valence-corrected chi connectivity index (χ2v) is 5.66. The molecule has 128 valence electrons. The van der Waals surface area contributed by atoms with Gasteiger partial charge in [0.25, 0.3) is 0 Å². The van der Waals surface area contributed by atoms with Gasteiger partial charge in [-0.05, 0) is 38.4 Å². The predicted molar refractivity (Wildman–Crippen MR) is 90.2 cm³/mol. The van der Waals surface area contributed by atoms with Crippen LogP contribution >= 0.6 is 0 Å². The van der Waals surface area contributed by atoms with Crippen molar-refractivity contribution in [1.29, 1.82) is 5.26 Å². The number of rotatable bonds is 6. The number of nitrogens with one attached hydrogen (secondary N) is 1. The van der Waals surface area contributed by atoms with Crippen LogP contribution in [0.4, 0.5) is 10.3 Å². The molecule has 1 aromatic carbocycles. The number of likely N-dealkylation sites (N-methyl/N-ethyl adjacent to an activating group) is 1. The molecule has 0 aliphatic carbocycles. The van der Waals surface area contributed by atoms with Gasteiger partial charge in [-0.2, -0.15) is 10.2 Å². The van der Waals surface area contributed by atoms with Gasteiger partial charge in [-0.15, -0.1) is 0 Å². The van der Waals surface area contributed by atoms with Crippen LogP contribution in [0.15, 0.2) is 51.5 Å². The van der Waals surface area contributed by atoms with E-state index in [1.54, 1.807) is 24.5 Å². The Bertz CT molecular complexity index is 881. The number of furan rings is 1. The van der Waals surface area contributed by atoms with Gasteiger partial charge >= 0.3 is 0 Å². The average molecular weight is 340 g/mol. The largest absolute Gasteiger partial charge is 0.468 e. The third kappa shape index (κ3) is 3.54. The van der Waals surface area contributed by atoms with E-state index < -0.39 is 5.82 Å². The van der Waals surface area contributed by atoms with E-state index >= 15 is 0 Å². The Labute approximate surface area is 144 Å². The van der Waals surface area contributed by atoms with E-state index in [4.69, 9.17) is 8.83 Å². The molecule has 1 N–H and O–H groups in total. The first kappa shape index (κ1) is 16.7. The lowest BCUT2D eigenvalue weighted by atomic mass is 10.2. The van der Waals surface area contributed by atoms with Crippen molar-refractivity contribution in [2.45, 2.75) is 6.04 Å². The number of hydrogen-bond donors (Lipinski definition) is 1. The Balaban J connectivity index is 1.83. The van der Waals surface area contributed by atoms with Crippen LogP contribution < -0.4 is 5.32 Å². The monoisotopic (exact) mass is 340 g/mol. The summed E-state index contributed by atoms with van der Waals surface area (Å²) >= 11 is 0. The second-order valence-electron chi connectivity index (χ2n) is 5.66. The van der Waals surface area contributed by atoms with E-state index in [-0.39, 0.29) is 29.1 Å². The number of aromatic nitrogens is 1. The zero-order chi connectivity index (χ0) is 17.8. The minimum Gasteiger partial charge on any atom is -0.468 e. The Morgan fingerprint density at radius 3 is 2.72 bits per heavy atom. The fourth-order valence-electron chi connectivity index (χ4n) is 2.47. The van der Waals surface area contributed by atoms with Gasteiger partial charge < -0.3 is 14.2 Å². The van der Waals surface area contributed by atoms with Crippen molar-refractivity contribution >= 4 is 5.88 Å². The van der Waals surface area contributed by atoms with Crippen LogP contribution in [0.3, 0.4) is 0 Å². The number of oxazole rings is 1. The molecule has 2 heterocycles. The van der Waals surface area contributed by atoms with Gasteiger partial charge in [0.05, 0.1) is 17.9 Å². The SMILES string of the molecule is CN(C)C(CNc1oc(-c2ccccc2F)nc1C#N)c1ccco1. The van der Waals surface area contributed by atoms with Crippen molar-refractivity contribution < 1.29 is 13.2 Å². The Hall–Kier alpha value is -3.11. The van der Waals surface area contributed by atoms with Gasteiger partial charge in [0.15, 0.2) is 0 Å². The number of hydrogen-bond acceptors (Lipinski definition) is 6. The maximum Gasteiger partial charge on any atom is 0.233 e. The lowest BCUT2D eigenvalue weighted by Crippen LogP contribution is -2.26. The summed E-state index contributed by atoms with van der Waals surface area (Å²) in [7, 11) is 3.84. The van der Waals surface area contributed by atoms with Crippen LogP contribution in [0.5, 0.6) is 0 Å². The first-order valence-electron chi connectivity index (χ1n) is 7.69. The first-order valence-corrected chi connectivity index (χ1v) is 7.69. The summed E-state index contributed by atoms with van der Waals surface area (Å²) in [6.07, 6.45) is 1.61. The lowest BCUT2D eigenvalue weighted by molar-refractivity contribution is 0.268. The molecule has 2 aromatic heterocycles. The fraction of sp³-hybridized carbons (Fsp3) is 0.222. The number of nitriles is 1. The maximum atomic E-state index is 13.9. The smallest absolute Gasteiger partial charge is 0.233 e. The minimum absolute atomic E-state index is 0.0662. The molecule has 0 spiro atoms. The summed E-state index contributed by atoms with van der Waals surface area (Å²) in [4.78, 5) is 6.06. The van der Waals surface area contributed by atoms with Crippen LogP contribution in [0.2, 0.25) is 0 Å². The second kappa shape index (κ2) is 7.20. The highest BCUT2D eigenvalue weighted by molar-refractivity contribution is 5.59. The molecule has 0 saturated heterocycles. The van der Waals surface area contributed by atoms with E-state index in [0.29, 0.717) is 6.54 Å². The molecule has 6 nitrogen and oxygen atoms in total. The molecule has 0 fully saturated rings. The Morgan fingerprint density at radius 1 is 1.28 bits per heavy atom. The van der Waals surface area contributed by atoms with Gasteiger partial charge in [-0.1, -0.05) is 12.1 Å². The molecule has 25 heavy (non-hydrogen) atoms. The molecular weight excluding hydrogens is 323 g/mol. The number of anilines is 1. The quantitative estimate of drug-likeness (QED) is 0.738. The van der Waals surface area contributed by atoms with Gasteiger partial charge in [0.1, 0.15) is 17.6 Å². The molecule has 0 aliphatic rings. The van der Waals surface area contributed by atoms with Crippen LogP contribution in [0.1, 0.15) is 17.5 Å². The normalized spacial score (nSPS) is 12.1. The fourth-order valence-corrected chi connectivity index (χ4v) is 2.47. The van der Waals surface area contributed by atoms with Gasteiger partial charge in [0.2, 0.25) is 17.5 Å². The van der Waals surface area contributed by atoms with E-state index in [1.165, 1.54) is 6.07 Å². The summed E-state index contributed by atoms with van der Waals surface area (Å²) in [5.74, 6) is 0.599. The molecule has 0 radical (unpaired) electrons. The van der Waals surface area contributed by atoms with E-state index in [9.17, 15) is 9.65 Å². The highest BCUT2D eigenvalue weighted by Gasteiger charge is 2.21. The molecule has 1 unspecified atom stereocenters. The molecule has 7 heteroatoms. The van der Waals surface area contributed by atoms with E-state index in [1.807, 2.05) is 37.2 Å². The van der Waals surface area contributed by atoms with Gasteiger partial charge in [-0.25, -0.2) is 4.39 Å². The van der Waals surface area contributed by atoms with Crippen molar-refractivity contribution in [3.05, 3.63) is 59.9 Å². The topological polar surface area (TPSA) is 78.2 Å². The Morgan fingerprint density at radius 2 is 2.08 bits per heavy atom. The molecule has 3 aromatic rings. The summed E-state index contributed by atoms with van der Waals surface area (Å²) in [5.41, 5.74) is 0.289. The number of halogens is 1. The van der Waals surface area contributed by atoms with Crippen LogP contribution in [0.25, 0.3) is 11.5 Å². The van der Waals surface area contributed by atoms with Crippen LogP contribution in [-0.2, 0) is 0 Å². The number of nitrogens with zero attached hydrogens (tertiary/aromatic N) is 3. The summed E-state index contributed by atoms with van der Waals surface area (Å²) in [5, 5.41) is 12.3. The zero-order valence-electron chi connectivity index (χ0n) is 13.9. The van der Waals surface area contributed by atoms with Crippen molar-refractivity contribution in [1.82, 2.24) is 9.88 Å². The zero-order valence-corrected chi connectivity index (χ0v) is 13.9. The van der Waals surface area contributed by atoms with Gasteiger partial charge in [0, 0.05) is 6.54 Å². The maximum absolute atomic E-state index is 13.9. The van der Waals surface area contributed by atoms with Crippen molar-refractivity contribution in [3.63, 3.8) is 0 Å². The molecular formula is C18H17FN4O2. The van der Waals surface area contributed by atoms with Crippen LogP contribution in [0, 0.1) is 17.1 Å². The highest BCUT2D eigenvalue weighted by atomic mass is 19.1. The first-order chi connectivity index (χ1) is 12.1. The molecule has 0 saturated carbocycles. The third-order valence-corrected chi connectivity index (χ3v) is 3.79. The summed E-state index contributed by atoms with van der Waals surface area (Å²) < 4.78 is 24.9. The van der Waals surface area contributed by atoms with Crippen LogP contribution in [-0.4, -0.2) is 30.5 Å². The van der Waals surface area contributed by atoms with E-state index in [0.717, 1.165) is 5.76 Å². The Kier molecular flexibility index (Phi) is 4.82. The van der Waals surface area contributed by atoms with Gasteiger partial charge in [-0.3, -0.25) is 4.90 Å². The standard InChI is InChI=1S/C18H17FN4O2/c1-23(2)15(16-8-5-9-24-16)11-21-18-14(10-20)22-17(25-18)12-6-3-4-7-13(12)19/h3-9,15,21H,11H2,1-2H3. The average Bonchev–Trinajstić information content (AvgIpc) is 3.25. The predicted octanol–water partition coefficient (Wildman–Crippen LogP) is 3.66. The third-order valence-electron chi connectivity index (χ3n) is 3.79. The number of benzene rings is 1. The summed E-state index contributed by atoms with van der Waals surface area (Å²) in [6.45, 7) is 0.432. The van der Waals surface area contributed by atoms with Crippen molar-refractivity contribution in [2.75, 3.05) is 26.0 Å².